The summed E-state index contributed by atoms with van der Waals surface area (Å²) in [7, 11) is 1.56. The Hall–Kier alpha value is -3.95. The van der Waals surface area contributed by atoms with Crippen LogP contribution in [0.4, 0.5) is 11.7 Å². The number of rotatable bonds is 8. The molecule has 5 rings (SSSR count). The van der Waals surface area contributed by atoms with E-state index in [4.69, 9.17) is 13.9 Å². The molecule has 9 nitrogen and oxygen atoms in total. The normalized spacial score (nSPS) is 14.1. The van der Waals surface area contributed by atoms with Gasteiger partial charge in [-0.1, -0.05) is 12.1 Å². The lowest BCUT2D eigenvalue weighted by Crippen LogP contribution is -2.37. The largest absolute Gasteiger partial charge is 0.457 e. The van der Waals surface area contributed by atoms with Crippen molar-refractivity contribution in [3.8, 4) is 11.5 Å². The third-order valence-corrected chi connectivity index (χ3v) is 5.79. The van der Waals surface area contributed by atoms with E-state index in [0.717, 1.165) is 45.0 Å². The Labute approximate surface area is 203 Å². The van der Waals surface area contributed by atoms with E-state index >= 15 is 0 Å². The van der Waals surface area contributed by atoms with Crippen molar-refractivity contribution in [1.29, 1.82) is 0 Å². The zero-order valence-electron chi connectivity index (χ0n) is 19.5. The highest BCUT2D eigenvalue weighted by Crippen LogP contribution is 2.29. The predicted molar refractivity (Wildman–Crippen MR) is 132 cm³/mol. The fourth-order valence-corrected chi connectivity index (χ4v) is 3.92. The summed E-state index contributed by atoms with van der Waals surface area (Å²) in [6, 6.07) is 17.4. The van der Waals surface area contributed by atoms with Crippen molar-refractivity contribution >= 4 is 28.7 Å². The standard InChI is InChI=1S/C26H27N5O4/c1-27-25(32)23-16-21(7-9-28-23)34-20-5-6-22-24(17-20)35-26(30-22)29-19-4-2-3-18(15-19)8-10-31-11-13-33-14-12-31/h2-7,9,15-17H,8,10-14H2,1H3,(H,27,32)(H,29,30). The number of carbonyl (C=O) groups excluding carboxylic acids is 1. The molecule has 1 aliphatic heterocycles. The second kappa shape index (κ2) is 10.5. The smallest absolute Gasteiger partial charge is 0.300 e. The van der Waals surface area contributed by atoms with Crippen molar-refractivity contribution < 1.29 is 18.7 Å². The van der Waals surface area contributed by atoms with E-state index in [-0.39, 0.29) is 11.6 Å². The maximum atomic E-state index is 11.8. The number of hydrogen-bond acceptors (Lipinski definition) is 8. The maximum absolute atomic E-state index is 11.8. The molecule has 1 aliphatic rings. The number of amides is 1. The number of fused-ring (bicyclic) bond motifs is 1. The molecule has 0 aliphatic carbocycles. The fraction of sp³-hybridized carbons (Fsp3) is 0.269. The molecule has 1 fully saturated rings. The Morgan fingerprint density at radius 2 is 1.94 bits per heavy atom. The molecule has 0 saturated carbocycles. The van der Waals surface area contributed by atoms with Crippen molar-refractivity contribution in [1.82, 2.24) is 20.2 Å². The van der Waals surface area contributed by atoms with Gasteiger partial charge in [-0.2, -0.15) is 4.98 Å². The van der Waals surface area contributed by atoms with Gasteiger partial charge in [0.15, 0.2) is 5.58 Å². The minimum Gasteiger partial charge on any atom is -0.457 e. The van der Waals surface area contributed by atoms with E-state index in [2.05, 4.69) is 37.6 Å². The number of nitrogens with one attached hydrogen (secondary N) is 2. The van der Waals surface area contributed by atoms with Gasteiger partial charge < -0.3 is 24.5 Å². The van der Waals surface area contributed by atoms with Crippen LogP contribution in [0.3, 0.4) is 0 Å². The minimum absolute atomic E-state index is 0.276. The first-order valence-electron chi connectivity index (χ1n) is 11.6. The number of morpholine rings is 1. The molecule has 0 radical (unpaired) electrons. The first-order chi connectivity index (χ1) is 17.2. The first kappa shape index (κ1) is 22.8. The molecule has 0 unspecified atom stereocenters. The van der Waals surface area contributed by atoms with Crippen molar-refractivity contribution in [2.45, 2.75) is 6.42 Å². The van der Waals surface area contributed by atoms with Gasteiger partial charge in [-0.3, -0.25) is 14.7 Å². The summed E-state index contributed by atoms with van der Waals surface area (Å²) in [4.78, 5) is 22.8. The van der Waals surface area contributed by atoms with E-state index < -0.39 is 0 Å². The molecule has 1 amide bonds. The molecular weight excluding hydrogens is 446 g/mol. The van der Waals surface area contributed by atoms with Crippen LogP contribution in [0.2, 0.25) is 0 Å². The molecule has 4 aromatic rings. The molecule has 9 heteroatoms. The van der Waals surface area contributed by atoms with E-state index in [9.17, 15) is 4.79 Å². The summed E-state index contributed by atoms with van der Waals surface area (Å²) in [6.45, 7) is 4.61. The quantitative estimate of drug-likeness (QED) is 0.396. The number of carbonyl (C=O) groups is 1. The average molecular weight is 474 g/mol. The second-order valence-electron chi connectivity index (χ2n) is 8.24. The van der Waals surface area contributed by atoms with E-state index in [1.165, 1.54) is 11.8 Å². The summed E-state index contributed by atoms with van der Waals surface area (Å²) in [5, 5.41) is 5.81. The Morgan fingerprint density at radius 1 is 1.09 bits per heavy atom. The number of oxazole rings is 1. The Morgan fingerprint density at radius 3 is 2.80 bits per heavy atom. The van der Waals surface area contributed by atoms with Gasteiger partial charge in [0.25, 0.3) is 11.9 Å². The highest BCUT2D eigenvalue weighted by molar-refractivity contribution is 5.92. The summed E-state index contributed by atoms with van der Waals surface area (Å²) < 4.78 is 17.2. The van der Waals surface area contributed by atoms with Gasteiger partial charge in [-0.25, -0.2) is 0 Å². The van der Waals surface area contributed by atoms with Gasteiger partial charge in [0.1, 0.15) is 22.7 Å². The maximum Gasteiger partial charge on any atom is 0.300 e. The number of nitrogens with zero attached hydrogens (tertiary/aromatic N) is 3. The molecule has 2 aromatic heterocycles. The Kier molecular flexibility index (Phi) is 6.87. The summed E-state index contributed by atoms with van der Waals surface area (Å²) in [5.74, 6) is 0.797. The SMILES string of the molecule is CNC(=O)c1cc(Oc2ccc3nc(Nc4cccc(CCN5CCOCC5)c4)oc3c2)ccn1. The number of benzene rings is 2. The topological polar surface area (TPSA) is 102 Å². The van der Waals surface area contributed by atoms with Gasteiger partial charge in [0, 0.05) is 50.7 Å². The van der Waals surface area contributed by atoms with Crippen LogP contribution in [0.25, 0.3) is 11.1 Å². The van der Waals surface area contributed by atoms with Crippen molar-refractivity contribution in [3.05, 3.63) is 72.1 Å². The lowest BCUT2D eigenvalue weighted by Gasteiger charge is -2.26. The van der Waals surface area contributed by atoms with Crippen LogP contribution in [0, 0.1) is 0 Å². The van der Waals surface area contributed by atoms with Crippen molar-refractivity contribution in [2.24, 2.45) is 0 Å². The lowest BCUT2D eigenvalue weighted by molar-refractivity contribution is 0.0384. The molecule has 0 bridgehead atoms. The van der Waals surface area contributed by atoms with Crippen LogP contribution in [-0.4, -0.2) is 60.7 Å². The van der Waals surface area contributed by atoms with Crippen LogP contribution < -0.4 is 15.4 Å². The predicted octanol–water partition coefficient (Wildman–Crippen LogP) is 3.99. The lowest BCUT2D eigenvalue weighted by atomic mass is 10.1. The van der Waals surface area contributed by atoms with Crippen LogP contribution in [-0.2, 0) is 11.2 Å². The summed E-state index contributed by atoms with van der Waals surface area (Å²) >= 11 is 0. The zero-order valence-corrected chi connectivity index (χ0v) is 19.5. The molecule has 0 spiro atoms. The van der Waals surface area contributed by atoms with Crippen molar-refractivity contribution in [3.63, 3.8) is 0 Å². The first-order valence-corrected chi connectivity index (χ1v) is 11.6. The summed E-state index contributed by atoms with van der Waals surface area (Å²) in [5.41, 5.74) is 3.76. The number of aromatic nitrogens is 2. The zero-order chi connectivity index (χ0) is 24.0. The fourth-order valence-electron chi connectivity index (χ4n) is 3.92. The summed E-state index contributed by atoms with van der Waals surface area (Å²) in [6.07, 6.45) is 2.50. The Bertz CT molecular complexity index is 1320. The molecule has 3 heterocycles. The van der Waals surface area contributed by atoms with Gasteiger partial charge in [0.2, 0.25) is 0 Å². The number of pyridine rings is 1. The van der Waals surface area contributed by atoms with Crippen LogP contribution in [0.15, 0.2) is 65.2 Å². The Balaban J connectivity index is 1.25. The second-order valence-corrected chi connectivity index (χ2v) is 8.24. The van der Waals surface area contributed by atoms with E-state index in [1.54, 1.807) is 31.3 Å². The molecule has 2 aromatic carbocycles. The van der Waals surface area contributed by atoms with E-state index in [1.807, 2.05) is 18.2 Å². The molecule has 180 valence electrons. The number of ether oxygens (including phenoxy) is 2. The average Bonchev–Trinajstić information content (AvgIpc) is 3.29. The third kappa shape index (κ3) is 5.76. The monoisotopic (exact) mass is 473 g/mol. The highest BCUT2D eigenvalue weighted by Gasteiger charge is 2.12. The van der Waals surface area contributed by atoms with Crippen LogP contribution in [0.5, 0.6) is 11.5 Å². The molecule has 35 heavy (non-hydrogen) atoms. The van der Waals surface area contributed by atoms with E-state index in [0.29, 0.717) is 28.6 Å². The van der Waals surface area contributed by atoms with Gasteiger partial charge >= 0.3 is 0 Å². The van der Waals surface area contributed by atoms with Gasteiger partial charge in [0.05, 0.1) is 13.2 Å². The molecule has 2 N–H and O–H groups in total. The van der Waals surface area contributed by atoms with Crippen LogP contribution >= 0.6 is 0 Å². The minimum atomic E-state index is -0.276. The van der Waals surface area contributed by atoms with Gasteiger partial charge in [-0.15, -0.1) is 0 Å². The molecule has 0 atom stereocenters. The number of anilines is 2. The van der Waals surface area contributed by atoms with Crippen LogP contribution in [0.1, 0.15) is 16.1 Å². The van der Waals surface area contributed by atoms with Gasteiger partial charge in [-0.05, 0) is 42.3 Å². The third-order valence-electron chi connectivity index (χ3n) is 5.79. The highest BCUT2D eigenvalue weighted by atomic mass is 16.5. The molecule has 1 saturated heterocycles. The molecular formula is C26H27N5O4. The van der Waals surface area contributed by atoms with Crippen molar-refractivity contribution in [2.75, 3.05) is 45.2 Å². The number of hydrogen-bond donors (Lipinski definition) is 2.